The van der Waals surface area contributed by atoms with E-state index in [0.29, 0.717) is 26.2 Å². The Morgan fingerprint density at radius 1 is 1.10 bits per heavy atom. The van der Waals surface area contributed by atoms with Crippen LogP contribution in [0.25, 0.3) is 0 Å². The zero-order valence-corrected chi connectivity index (χ0v) is 19.1. The molecule has 1 fully saturated rings. The first-order valence-corrected chi connectivity index (χ1v) is 11.9. The number of piperazine rings is 1. The van der Waals surface area contributed by atoms with Gasteiger partial charge in [0.15, 0.2) is 0 Å². The quantitative estimate of drug-likeness (QED) is 0.733. The highest BCUT2D eigenvalue weighted by Crippen LogP contribution is 2.27. The summed E-state index contributed by atoms with van der Waals surface area (Å²) in [6.45, 7) is 6.13. The molecule has 2 aromatic rings. The topological polar surface area (TPSA) is 69.7 Å². The van der Waals surface area contributed by atoms with Crippen LogP contribution in [0.1, 0.15) is 40.9 Å². The Bertz CT molecular complexity index is 1000. The SMILES string of the molecule is CC[C@@H](NC(=O)c1ccc(Cl)c(S(=O)(=O)N2CCN(C)CC2)c1)c1ccc(C)cc1. The molecule has 1 amide bonds. The maximum Gasteiger partial charge on any atom is 0.251 e. The van der Waals surface area contributed by atoms with Gasteiger partial charge in [-0.1, -0.05) is 48.4 Å². The van der Waals surface area contributed by atoms with Crippen LogP contribution in [0.2, 0.25) is 5.02 Å². The Labute approximate surface area is 183 Å². The second kappa shape index (κ2) is 9.47. The highest BCUT2D eigenvalue weighted by molar-refractivity contribution is 7.89. The first-order chi connectivity index (χ1) is 14.2. The molecular weight excluding hydrogens is 422 g/mol. The lowest BCUT2D eigenvalue weighted by Crippen LogP contribution is -2.47. The van der Waals surface area contributed by atoms with Gasteiger partial charge >= 0.3 is 0 Å². The smallest absolute Gasteiger partial charge is 0.251 e. The molecule has 1 saturated heterocycles. The monoisotopic (exact) mass is 449 g/mol. The molecule has 1 atom stereocenters. The summed E-state index contributed by atoms with van der Waals surface area (Å²) in [5.41, 5.74) is 2.43. The van der Waals surface area contributed by atoms with Crippen LogP contribution in [0.15, 0.2) is 47.4 Å². The highest BCUT2D eigenvalue weighted by atomic mass is 35.5. The van der Waals surface area contributed by atoms with Crippen molar-refractivity contribution in [2.45, 2.75) is 31.2 Å². The molecule has 0 unspecified atom stereocenters. The minimum absolute atomic E-state index is 0.0234. The Hall–Kier alpha value is -1.93. The van der Waals surface area contributed by atoms with E-state index in [-0.39, 0.29) is 27.4 Å². The van der Waals surface area contributed by atoms with E-state index >= 15 is 0 Å². The predicted octanol–water partition coefficient (Wildman–Crippen LogP) is 3.47. The van der Waals surface area contributed by atoms with Gasteiger partial charge in [0.2, 0.25) is 10.0 Å². The minimum atomic E-state index is -3.77. The number of likely N-dealkylation sites (N-methyl/N-ethyl adjacent to an activating group) is 1. The third-order valence-corrected chi connectivity index (χ3v) is 7.85. The van der Waals surface area contributed by atoms with Gasteiger partial charge < -0.3 is 10.2 Å². The van der Waals surface area contributed by atoms with Gasteiger partial charge in [0.1, 0.15) is 4.90 Å². The maximum absolute atomic E-state index is 13.1. The summed E-state index contributed by atoms with van der Waals surface area (Å²) in [6, 6.07) is 12.3. The molecule has 0 aromatic heterocycles. The molecule has 1 heterocycles. The summed E-state index contributed by atoms with van der Waals surface area (Å²) in [6.07, 6.45) is 0.717. The first-order valence-electron chi connectivity index (χ1n) is 10.1. The number of halogens is 1. The van der Waals surface area contributed by atoms with Crippen molar-refractivity contribution in [2.75, 3.05) is 33.2 Å². The van der Waals surface area contributed by atoms with Crippen LogP contribution in [0.5, 0.6) is 0 Å². The molecule has 1 N–H and O–H groups in total. The predicted molar refractivity (Wildman–Crippen MR) is 119 cm³/mol. The van der Waals surface area contributed by atoms with E-state index in [9.17, 15) is 13.2 Å². The van der Waals surface area contributed by atoms with Gasteiger partial charge in [-0.15, -0.1) is 0 Å². The third kappa shape index (κ3) is 5.03. The average molecular weight is 450 g/mol. The summed E-state index contributed by atoms with van der Waals surface area (Å²) >= 11 is 6.23. The molecule has 1 aliphatic heterocycles. The summed E-state index contributed by atoms with van der Waals surface area (Å²) in [7, 11) is -1.81. The molecule has 3 rings (SSSR count). The number of sulfonamides is 1. The number of carbonyl (C=O) groups excluding carboxylic acids is 1. The second-order valence-electron chi connectivity index (χ2n) is 7.70. The van der Waals surface area contributed by atoms with Crippen molar-refractivity contribution < 1.29 is 13.2 Å². The molecule has 8 heteroatoms. The van der Waals surface area contributed by atoms with E-state index in [4.69, 9.17) is 11.6 Å². The number of nitrogens with one attached hydrogen (secondary N) is 1. The Morgan fingerprint density at radius 2 is 1.73 bits per heavy atom. The van der Waals surface area contributed by atoms with Crippen LogP contribution in [-0.4, -0.2) is 56.8 Å². The molecule has 1 aliphatic rings. The van der Waals surface area contributed by atoms with Gasteiger partial charge in [-0.05, 0) is 44.2 Å². The van der Waals surface area contributed by atoms with Crippen molar-refractivity contribution in [1.29, 1.82) is 0 Å². The van der Waals surface area contributed by atoms with Gasteiger partial charge in [-0.25, -0.2) is 8.42 Å². The molecule has 0 radical (unpaired) electrons. The van der Waals surface area contributed by atoms with E-state index in [1.165, 1.54) is 16.4 Å². The molecule has 6 nitrogen and oxygen atoms in total. The standard InChI is InChI=1S/C22H28ClN3O3S/c1-4-20(17-7-5-16(2)6-8-17)24-22(27)18-9-10-19(23)21(15-18)30(28,29)26-13-11-25(3)12-14-26/h5-10,15,20H,4,11-14H2,1-3H3,(H,24,27)/t20-/m1/s1. The van der Waals surface area contributed by atoms with Crippen LogP contribution in [0.4, 0.5) is 0 Å². The van der Waals surface area contributed by atoms with E-state index in [1.54, 1.807) is 6.07 Å². The average Bonchev–Trinajstić information content (AvgIpc) is 2.73. The van der Waals surface area contributed by atoms with Crippen LogP contribution >= 0.6 is 11.6 Å². The molecule has 0 spiro atoms. The minimum Gasteiger partial charge on any atom is -0.345 e. The number of benzene rings is 2. The van der Waals surface area contributed by atoms with Crippen LogP contribution in [-0.2, 0) is 10.0 Å². The summed E-state index contributed by atoms with van der Waals surface area (Å²) in [4.78, 5) is 14.9. The van der Waals surface area contributed by atoms with Gasteiger partial charge in [-0.2, -0.15) is 4.31 Å². The van der Waals surface area contributed by atoms with E-state index < -0.39 is 10.0 Å². The first kappa shape index (κ1) is 22.7. The van der Waals surface area contributed by atoms with Crippen molar-refractivity contribution in [3.8, 4) is 0 Å². The van der Waals surface area contributed by atoms with Crippen LogP contribution < -0.4 is 5.32 Å². The lowest BCUT2D eigenvalue weighted by atomic mass is 10.0. The maximum atomic E-state index is 13.1. The van der Waals surface area contributed by atoms with Gasteiger partial charge in [0.05, 0.1) is 11.1 Å². The number of rotatable bonds is 6. The lowest BCUT2D eigenvalue weighted by molar-refractivity contribution is 0.0935. The van der Waals surface area contributed by atoms with Crippen molar-refractivity contribution in [2.24, 2.45) is 0 Å². The number of nitrogens with zero attached hydrogens (tertiary/aromatic N) is 2. The summed E-state index contributed by atoms with van der Waals surface area (Å²) in [5, 5.41) is 3.13. The largest absolute Gasteiger partial charge is 0.345 e. The fourth-order valence-corrected chi connectivity index (χ4v) is 5.39. The van der Waals surface area contributed by atoms with Gasteiger partial charge in [0, 0.05) is 31.7 Å². The van der Waals surface area contributed by atoms with Gasteiger partial charge in [-0.3, -0.25) is 4.79 Å². The summed E-state index contributed by atoms with van der Waals surface area (Å²) in [5.74, 6) is -0.325. The zero-order valence-electron chi connectivity index (χ0n) is 17.6. The fraction of sp³-hybridized carbons (Fsp3) is 0.409. The second-order valence-corrected chi connectivity index (χ2v) is 10.0. The van der Waals surface area contributed by atoms with Crippen molar-refractivity contribution in [1.82, 2.24) is 14.5 Å². The molecule has 30 heavy (non-hydrogen) atoms. The van der Waals surface area contributed by atoms with Crippen molar-refractivity contribution >= 4 is 27.5 Å². The molecule has 0 saturated carbocycles. The normalized spacial score (nSPS) is 16.9. The number of aryl methyl sites for hydroxylation is 1. The molecule has 162 valence electrons. The molecular formula is C22H28ClN3O3S. The molecule has 0 aliphatic carbocycles. The van der Waals surface area contributed by atoms with Crippen LogP contribution in [0, 0.1) is 6.92 Å². The number of carbonyl (C=O) groups is 1. The number of hydrogen-bond acceptors (Lipinski definition) is 4. The number of amides is 1. The Morgan fingerprint density at radius 3 is 2.33 bits per heavy atom. The Kier molecular flexibility index (Phi) is 7.18. The zero-order chi connectivity index (χ0) is 21.9. The van der Waals surface area contributed by atoms with Gasteiger partial charge in [0.25, 0.3) is 5.91 Å². The Balaban J connectivity index is 1.83. The number of hydrogen-bond donors (Lipinski definition) is 1. The van der Waals surface area contributed by atoms with E-state index in [1.807, 2.05) is 45.2 Å². The fourth-order valence-electron chi connectivity index (χ4n) is 3.47. The molecule has 0 bridgehead atoms. The molecule has 2 aromatic carbocycles. The lowest BCUT2D eigenvalue weighted by Gasteiger charge is -2.31. The van der Waals surface area contributed by atoms with Crippen molar-refractivity contribution in [3.05, 3.63) is 64.2 Å². The van der Waals surface area contributed by atoms with Crippen LogP contribution in [0.3, 0.4) is 0 Å². The highest BCUT2D eigenvalue weighted by Gasteiger charge is 2.30. The van der Waals surface area contributed by atoms with E-state index in [0.717, 1.165) is 17.5 Å². The summed E-state index contributed by atoms with van der Waals surface area (Å²) < 4.78 is 27.7. The third-order valence-electron chi connectivity index (χ3n) is 5.47. The van der Waals surface area contributed by atoms with E-state index in [2.05, 4.69) is 10.2 Å². The van der Waals surface area contributed by atoms with Crippen molar-refractivity contribution in [3.63, 3.8) is 0 Å².